The van der Waals surface area contributed by atoms with Crippen LogP contribution in [0.1, 0.15) is 39.5 Å². The first-order valence-corrected chi connectivity index (χ1v) is 4.68. The zero-order chi connectivity index (χ0) is 9.40. The van der Waals surface area contributed by atoms with Crippen molar-refractivity contribution in [3.05, 3.63) is 0 Å². The van der Waals surface area contributed by atoms with Crippen LogP contribution in [0.5, 0.6) is 0 Å². The van der Waals surface area contributed by atoms with E-state index in [0.717, 1.165) is 12.8 Å². The van der Waals surface area contributed by atoms with Gasteiger partial charge < -0.3 is 14.9 Å². The van der Waals surface area contributed by atoms with Crippen molar-refractivity contribution in [3.8, 4) is 0 Å². The van der Waals surface area contributed by atoms with E-state index in [1.54, 1.807) is 0 Å². The summed E-state index contributed by atoms with van der Waals surface area (Å²) in [6, 6.07) is 0. The fourth-order valence-corrected chi connectivity index (χ4v) is 1.12. The van der Waals surface area contributed by atoms with Gasteiger partial charge in [-0.05, 0) is 12.3 Å². The van der Waals surface area contributed by atoms with Gasteiger partial charge >= 0.3 is 0 Å². The molecule has 0 aromatic rings. The second kappa shape index (κ2) is 7.53. The van der Waals surface area contributed by atoms with Crippen LogP contribution in [0.15, 0.2) is 0 Å². The molecule has 0 rings (SSSR count). The molecule has 0 bridgehead atoms. The van der Waals surface area contributed by atoms with Gasteiger partial charge in [0.25, 0.3) is 6.48 Å². The van der Waals surface area contributed by atoms with Gasteiger partial charge in [-0.2, -0.15) is 0 Å². The summed E-state index contributed by atoms with van der Waals surface area (Å²) in [4.78, 5) is 0. The Morgan fingerprint density at radius 2 is 1.92 bits per heavy atom. The van der Waals surface area contributed by atoms with Crippen molar-refractivity contribution in [1.82, 2.24) is 0 Å². The molecule has 0 aliphatic rings. The minimum absolute atomic E-state index is 0.453. The fraction of sp³-hybridized carbons (Fsp3) is 1.00. The van der Waals surface area contributed by atoms with Gasteiger partial charge in [-0.1, -0.05) is 33.1 Å². The van der Waals surface area contributed by atoms with Gasteiger partial charge in [0.15, 0.2) is 0 Å². The first kappa shape index (κ1) is 11.9. The van der Waals surface area contributed by atoms with E-state index in [4.69, 9.17) is 14.9 Å². The molecule has 0 spiro atoms. The number of hydrogen-bond donors (Lipinski definition) is 2. The lowest BCUT2D eigenvalue weighted by Gasteiger charge is -2.14. The molecule has 0 amide bonds. The first-order valence-electron chi connectivity index (χ1n) is 4.68. The maximum atomic E-state index is 8.46. The van der Waals surface area contributed by atoms with Crippen molar-refractivity contribution in [3.63, 3.8) is 0 Å². The Balaban J connectivity index is 3.39. The highest BCUT2D eigenvalue weighted by atomic mass is 16.7. The monoisotopic (exact) mass is 176 g/mol. The molecule has 0 saturated carbocycles. The molecule has 3 heteroatoms. The molecule has 2 N–H and O–H groups in total. The third-order valence-corrected chi connectivity index (χ3v) is 2.02. The van der Waals surface area contributed by atoms with Crippen molar-refractivity contribution in [2.45, 2.75) is 46.0 Å². The second-order valence-electron chi connectivity index (χ2n) is 3.08. The van der Waals surface area contributed by atoms with E-state index in [2.05, 4.69) is 13.8 Å². The molecule has 3 nitrogen and oxygen atoms in total. The zero-order valence-corrected chi connectivity index (χ0v) is 7.99. The largest absolute Gasteiger partial charge is 0.346 e. The normalized spacial score (nSPS) is 13.8. The predicted molar refractivity (Wildman–Crippen MR) is 47.5 cm³/mol. The lowest BCUT2D eigenvalue weighted by Crippen LogP contribution is -2.16. The van der Waals surface area contributed by atoms with E-state index in [9.17, 15) is 0 Å². The number of aliphatic hydroxyl groups excluding tert-OH is 1. The van der Waals surface area contributed by atoms with Crippen LogP contribution in [-0.4, -0.2) is 23.3 Å². The average molecular weight is 176 g/mol. The fourth-order valence-electron chi connectivity index (χ4n) is 1.12. The Bertz CT molecular complexity index is 93.8. The maximum absolute atomic E-state index is 8.46. The van der Waals surface area contributed by atoms with E-state index in [1.807, 2.05) is 0 Å². The third kappa shape index (κ3) is 6.58. The zero-order valence-electron chi connectivity index (χ0n) is 7.99. The SMILES string of the molecule is CCCCC(CC)COC(O)O. The topological polar surface area (TPSA) is 49.7 Å². The molecule has 0 aliphatic heterocycles. The van der Waals surface area contributed by atoms with Gasteiger partial charge in [-0.25, -0.2) is 0 Å². The van der Waals surface area contributed by atoms with Gasteiger partial charge in [0.1, 0.15) is 0 Å². The summed E-state index contributed by atoms with van der Waals surface area (Å²) in [7, 11) is 0. The van der Waals surface area contributed by atoms with Gasteiger partial charge in [0, 0.05) is 0 Å². The molecule has 74 valence electrons. The summed E-state index contributed by atoms with van der Waals surface area (Å²) >= 11 is 0. The smallest absolute Gasteiger partial charge is 0.266 e. The van der Waals surface area contributed by atoms with Crippen LogP contribution in [-0.2, 0) is 4.74 Å². The Labute approximate surface area is 74.4 Å². The Hall–Kier alpha value is -0.120. The minimum atomic E-state index is -1.61. The quantitative estimate of drug-likeness (QED) is 0.578. The number of aliphatic hydroxyl groups is 2. The molecule has 12 heavy (non-hydrogen) atoms. The van der Waals surface area contributed by atoms with Crippen LogP contribution < -0.4 is 0 Å². The molecule has 0 aromatic heterocycles. The summed E-state index contributed by atoms with van der Waals surface area (Å²) < 4.78 is 4.70. The van der Waals surface area contributed by atoms with Crippen LogP contribution in [0, 0.1) is 5.92 Å². The van der Waals surface area contributed by atoms with E-state index >= 15 is 0 Å². The molecular weight excluding hydrogens is 156 g/mol. The Kier molecular flexibility index (Phi) is 7.45. The van der Waals surface area contributed by atoms with Crippen molar-refractivity contribution in [2.75, 3.05) is 6.61 Å². The minimum Gasteiger partial charge on any atom is -0.346 e. The third-order valence-electron chi connectivity index (χ3n) is 2.02. The summed E-state index contributed by atoms with van der Waals surface area (Å²) in [5.41, 5.74) is 0. The highest BCUT2D eigenvalue weighted by molar-refractivity contribution is 4.55. The van der Waals surface area contributed by atoms with E-state index in [0.29, 0.717) is 12.5 Å². The molecule has 0 saturated heterocycles. The number of unbranched alkanes of at least 4 members (excludes halogenated alkanes) is 1. The standard InChI is InChI=1S/C9H20O3/c1-3-5-6-8(4-2)7-12-9(10)11/h8-11H,3-7H2,1-2H3. The Morgan fingerprint density at radius 3 is 2.33 bits per heavy atom. The molecule has 0 aromatic carbocycles. The predicted octanol–water partition coefficient (Wildman–Crippen LogP) is 1.49. The van der Waals surface area contributed by atoms with Crippen LogP contribution in [0.25, 0.3) is 0 Å². The average Bonchev–Trinajstić information content (AvgIpc) is 2.05. The second-order valence-corrected chi connectivity index (χ2v) is 3.08. The van der Waals surface area contributed by atoms with Crippen molar-refractivity contribution < 1.29 is 14.9 Å². The highest BCUT2D eigenvalue weighted by Crippen LogP contribution is 2.12. The summed E-state index contributed by atoms with van der Waals surface area (Å²) in [6.45, 7) is 3.08. The number of ether oxygens (including phenoxy) is 1. The summed E-state index contributed by atoms with van der Waals surface area (Å²) in [5, 5.41) is 16.9. The molecule has 0 fully saturated rings. The van der Waals surface area contributed by atoms with Crippen molar-refractivity contribution >= 4 is 0 Å². The van der Waals surface area contributed by atoms with E-state index < -0.39 is 6.48 Å². The van der Waals surface area contributed by atoms with Crippen LogP contribution in [0.2, 0.25) is 0 Å². The molecule has 0 aliphatic carbocycles. The lowest BCUT2D eigenvalue weighted by molar-refractivity contribution is -0.239. The molecular formula is C9H20O3. The molecule has 0 heterocycles. The summed E-state index contributed by atoms with van der Waals surface area (Å²) in [6.07, 6.45) is 4.51. The van der Waals surface area contributed by atoms with Crippen LogP contribution in [0.4, 0.5) is 0 Å². The molecule has 1 atom stereocenters. The van der Waals surface area contributed by atoms with E-state index in [1.165, 1.54) is 12.8 Å². The lowest BCUT2D eigenvalue weighted by atomic mass is 10.0. The van der Waals surface area contributed by atoms with Crippen molar-refractivity contribution in [1.29, 1.82) is 0 Å². The van der Waals surface area contributed by atoms with E-state index in [-0.39, 0.29) is 0 Å². The van der Waals surface area contributed by atoms with Crippen molar-refractivity contribution in [2.24, 2.45) is 5.92 Å². The highest BCUT2D eigenvalue weighted by Gasteiger charge is 2.07. The van der Waals surface area contributed by atoms with Gasteiger partial charge in [0.05, 0.1) is 6.61 Å². The maximum Gasteiger partial charge on any atom is 0.266 e. The van der Waals surface area contributed by atoms with Gasteiger partial charge in [0.2, 0.25) is 0 Å². The molecule has 1 unspecified atom stereocenters. The molecule has 0 radical (unpaired) electrons. The van der Waals surface area contributed by atoms with Gasteiger partial charge in [-0.3, -0.25) is 0 Å². The van der Waals surface area contributed by atoms with Crippen LogP contribution in [0.3, 0.4) is 0 Å². The number of hydrogen-bond acceptors (Lipinski definition) is 3. The van der Waals surface area contributed by atoms with Gasteiger partial charge in [-0.15, -0.1) is 0 Å². The Morgan fingerprint density at radius 1 is 1.25 bits per heavy atom. The number of rotatable bonds is 7. The first-order chi connectivity index (χ1) is 5.70. The van der Waals surface area contributed by atoms with Crippen LogP contribution >= 0.6 is 0 Å². The summed E-state index contributed by atoms with van der Waals surface area (Å²) in [5.74, 6) is 0.465.